The molecule has 0 aromatic heterocycles. The molecule has 3 heterocycles. The van der Waals surface area contributed by atoms with Crippen LogP contribution in [-0.2, 0) is 19.3 Å². The van der Waals surface area contributed by atoms with E-state index in [4.69, 9.17) is 9.47 Å². The summed E-state index contributed by atoms with van der Waals surface area (Å²) in [5, 5.41) is 2.27. The van der Waals surface area contributed by atoms with E-state index in [0.717, 1.165) is 51.7 Å². The van der Waals surface area contributed by atoms with Crippen LogP contribution in [0.2, 0.25) is 0 Å². The first-order chi connectivity index (χ1) is 16.6. The molecule has 4 fully saturated rings. The average Bonchev–Trinajstić information content (AvgIpc) is 3.27. The van der Waals surface area contributed by atoms with E-state index in [1.807, 2.05) is 30.6 Å². The lowest BCUT2D eigenvalue weighted by molar-refractivity contribution is -0.0444. The quantitative estimate of drug-likeness (QED) is 0.608. The van der Waals surface area contributed by atoms with Gasteiger partial charge in [-0.25, -0.2) is 23.0 Å². The van der Waals surface area contributed by atoms with Gasteiger partial charge in [-0.15, -0.1) is 0 Å². The topological polar surface area (TPSA) is 108 Å². The van der Waals surface area contributed by atoms with Crippen molar-refractivity contribution in [2.24, 2.45) is 17.8 Å². The van der Waals surface area contributed by atoms with E-state index in [1.165, 1.54) is 7.11 Å². The molecule has 1 aliphatic carbocycles. The number of amides is 2. The van der Waals surface area contributed by atoms with Gasteiger partial charge in [0.05, 0.1) is 42.8 Å². The van der Waals surface area contributed by atoms with Crippen LogP contribution in [0.4, 0.5) is 9.59 Å². The number of sulfone groups is 1. The summed E-state index contributed by atoms with van der Waals surface area (Å²) >= 11 is 0. The minimum absolute atomic E-state index is 0.0724. The zero-order chi connectivity index (χ0) is 25.3. The van der Waals surface area contributed by atoms with Gasteiger partial charge in [-0.3, -0.25) is 10.3 Å². The third-order valence-corrected chi connectivity index (χ3v) is 10.0. The Kier molecular flexibility index (Phi) is 8.17. The number of methoxy groups -OCH3 is 1. The Morgan fingerprint density at radius 3 is 2.37 bits per heavy atom. The molecule has 0 bridgehead atoms. The van der Waals surface area contributed by atoms with E-state index in [0.29, 0.717) is 35.8 Å². The molecule has 0 radical (unpaired) electrons. The minimum Gasteiger partial charge on any atom is -0.453 e. The van der Waals surface area contributed by atoms with Crippen LogP contribution in [-0.4, -0.2) is 104 Å². The van der Waals surface area contributed by atoms with Crippen molar-refractivity contribution in [1.82, 2.24) is 20.2 Å². The second-order valence-corrected chi connectivity index (χ2v) is 13.4. The Bertz CT molecular complexity index is 869. The monoisotopic (exact) mass is 514 g/mol. The van der Waals surface area contributed by atoms with Gasteiger partial charge in [-0.2, -0.15) is 0 Å². The largest absolute Gasteiger partial charge is 0.453 e. The molecule has 10 nitrogen and oxygen atoms in total. The lowest BCUT2D eigenvalue weighted by atomic mass is 9.73. The van der Waals surface area contributed by atoms with Crippen molar-refractivity contribution >= 4 is 22.0 Å². The molecule has 3 saturated heterocycles. The van der Waals surface area contributed by atoms with Gasteiger partial charge in [0.2, 0.25) is 0 Å². The number of nitrogens with one attached hydrogen (secondary N) is 1. The molecule has 5 atom stereocenters. The number of hydrogen-bond acceptors (Lipinski definition) is 8. The van der Waals surface area contributed by atoms with Crippen LogP contribution in [0.15, 0.2) is 0 Å². The van der Waals surface area contributed by atoms with Gasteiger partial charge in [0.1, 0.15) is 9.84 Å². The second kappa shape index (κ2) is 10.8. The summed E-state index contributed by atoms with van der Waals surface area (Å²) in [6.45, 7) is 8.81. The van der Waals surface area contributed by atoms with Gasteiger partial charge >= 0.3 is 12.2 Å². The summed E-state index contributed by atoms with van der Waals surface area (Å²) in [7, 11) is -1.43. The molecule has 1 N–H and O–H groups in total. The van der Waals surface area contributed by atoms with Gasteiger partial charge in [0.15, 0.2) is 0 Å². The predicted molar refractivity (Wildman–Crippen MR) is 131 cm³/mol. The maximum atomic E-state index is 13.0. The molecule has 11 heteroatoms. The first-order valence-electron chi connectivity index (χ1n) is 13.1. The number of carbonyl (C=O) groups is 2. The number of hydrazine groups is 1. The van der Waals surface area contributed by atoms with Crippen LogP contribution >= 0.6 is 0 Å². The van der Waals surface area contributed by atoms with Gasteiger partial charge in [-0.05, 0) is 70.6 Å². The van der Waals surface area contributed by atoms with Crippen molar-refractivity contribution in [3.8, 4) is 0 Å². The normalized spacial score (nSPS) is 34.0. The van der Waals surface area contributed by atoms with Crippen molar-refractivity contribution in [2.45, 2.75) is 77.1 Å². The molecule has 0 aromatic carbocycles. The van der Waals surface area contributed by atoms with E-state index in [9.17, 15) is 18.0 Å². The van der Waals surface area contributed by atoms with Crippen molar-refractivity contribution in [3.05, 3.63) is 0 Å². The number of piperazine rings is 1. The highest BCUT2D eigenvalue weighted by molar-refractivity contribution is 7.91. The Labute approximate surface area is 209 Å². The molecule has 35 heavy (non-hydrogen) atoms. The van der Waals surface area contributed by atoms with E-state index in [1.54, 1.807) is 0 Å². The molecule has 4 unspecified atom stereocenters. The Balaban J connectivity index is 1.40. The SMILES string of the molecule is COC(=O)N1C2CCC(C3CNN(CC4CCS(=O)(=O)CC4)C3)CC2N(C(=O)OC(C)C)C[C@@H]1C. The predicted octanol–water partition coefficient (Wildman–Crippen LogP) is 2.10. The standard InChI is InChI=1S/C24H42N4O6S/c1-16(2)34-23(29)27-13-17(3)28(24(30)33-4)21-6-5-19(11-22(21)27)20-12-25-26(15-20)14-18-7-9-35(31,32)10-8-18/h16-22,25H,5-15H2,1-4H3/t17-,19?,20?,21?,22?/m0/s1. The molecule has 0 aromatic rings. The summed E-state index contributed by atoms with van der Waals surface area (Å²) < 4.78 is 34.2. The maximum absolute atomic E-state index is 13.0. The van der Waals surface area contributed by atoms with Gasteiger partial charge in [0, 0.05) is 26.2 Å². The van der Waals surface area contributed by atoms with Crippen molar-refractivity contribution in [3.63, 3.8) is 0 Å². The number of ether oxygens (including phenoxy) is 2. The lowest BCUT2D eigenvalue weighted by Gasteiger charge is -2.53. The van der Waals surface area contributed by atoms with Gasteiger partial charge in [-0.1, -0.05) is 0 Å². The third kappa shape index (κ3) is 6.05. The van der Waals surface area contributed by atoms with Crippen molar-refractivity contribution in [1.29, 1.82) is 0 Å². The van der Waals surface area contributed by atoms with Gasteiger partial charge in [0.25, 0.3) is 0 Å². The van der Waals surface area contributed by atoms with Crippen LogP contribution in [0.3, 0.4) is 0 Å². The number of rotatable bonds is 4. The molecule has 2 amide bonds. The second-order valence-electron chi connectivity index (χ2n) is 11.1. The molecular formula is C24H42N4O6S. The number of fused-ring (bicyclic) bond motifs is 1. The molecule has 4 rings (SSSR count). The maximum Gasteiger partial charge on any atom is 0.410 e. The summed E-state index contributed by atoms with van der Waals surface area (Å²) in [5.74, 6) is 1.91. The van der Waals surface area contributed by atoms with Crippen molar-refractivity contribution in [2.75, 3.05) is 44.8 Å². The first kappa shape index (κ1) is 26.5. The summed E-state index contributed by atoms with van der Waals surface area (Å²) in [4.78, 5) is 29.3. The Hall–Kier alpha value is -1.59. The average molecular weight is 515 g/mol. The third-order valence-electron chi connectivity index (χ3n) is 8.32. The highest BCUT2D eigenvalue weighted by Crippen LogP contribution is 2.40. The molecule has 1 saturated carbocycles. The van der Waals surface area contributed by atoms with Crippen LogP contribution in [0.5, 0.6) is 0 Å². The molecule has 0 spiro atoms. The van der Waals surface area contributed by atoms with E-state index < -0.39 is 9.84 Å². The van der Waals surface area contributed by atoms with E-state index in [2.05, 4.69) is 10.4 Å². The molecular weight excluding hydrogens is 472 g/mol. The van der Waals surface area contributed by atoms with E-state index in [-0.39, 0.29) is 36.4 Å². The van der Waals surface area contributed by atoms with Crippen molar-refractivity contribution < 1.29 is 27.5 Å². The Morgan fingerprint density at radius 2 is 1.71 bits per heavy atom. The summed E-state index contributed by atoms with van der Waals surface area (Å²) in [6, 6.07) is -0.298. The van der Waals surface area contributed by atoms with Crippen LogP contribution in [0, 0.1) is 17.8 Å². The first-order valence-corrected chi connectivity index (χ1v) is 14.9. The fourth-order valence-electron chi connectivity index (χ4n) is 6.53. The number of nitrogens with zero attached hydrogens (tertiary/aromatic N) is 3. The highest BCUT2D eigenvalue weighted by atomic mass is 32.2. The molecule has 3 aliphatic heterocycles. The highest BCUT2D eigenvalue weighted by Gasteiger charge is 2.49. The summed E-state index contributed by atoms with van der Waals surface area (Å²) in [5.41, 5.74) is 3.54. The van der Waals surface area contributed by atoms with Crippen LogP contribution in [0.25, 0.3) is 0 Å². The Morgan fingerprint density at radius 1 is 1.00 bits per heavy atom. The molecule has 200 valence electrons. The smallest absolute Gasteiger partial charge is 0.410 e. The number of hydrogen-bond donors (Lipinski definition) is 1. The fraction of sp³-hybridized carbons (Fsp3) is 0.917. The summed E-state index contributed by atoms with van der Waals surface area (Å²) in [6.07, 6.45) is 3.32. The van der Waals surface area contributed by atoms with E-state index >= 15 is 0 Å². The van der Waals surface area contributed by atoms with Crippen LogP contribution < -0.4 is 5.43 Å². The minimum atomic E-state index is -2.84. The molecule has 4 aliphatic rings. The lowest BCUT2D eigenvalue weighted by Crippen LogP contribution is -2.67. The fourth-order valence-corrected chi connectivity index (χ4v) is 8.12. The van der Waals surface area contributed by atoms with Crippen LogP contribution in [0.1, 0.15) is 52.9 Å². The zero-order valence-electron chi connectivity index (χ0n) is 21.5. The number of carbonyl (C=O) groups excluding carboxylic acids is 2. The zero-order valence-corrected chi connectivity index (χ0v) is 22.3. The van der Waals surface area contributed by atoms with Gasteiger partial charge < -0.3 is 14.4 Å².